The number of para-hydroxylation sites is 1. The largest absolute Gasteiger partial charge is 0.480 e. The van der Waals surface area contributed by atoms with E-state index >= 15 is 0 Å². The van der Waals surface area contributed by atoms with Crippen molar-refractivity contribution in [2.45, 2.75) is 18.6 Å². The van der Waals surface area contributed by atoms with Crippen LogP contribution in [0.15, 0.2) is 60.8 Å². The first kappa shape index (κ1) is 19.3. The van der Waals surface area contributed by atoms with E-state index in [0.717, 1.165) is 6.07 Å². The average Bonchev–Trinajstić information content (AvgIpc) is 2.66. The molecule has 0 aliphatic heterocycles. The molecule has 0 saturated heterocycles. The lowest BCUT2D eigenvalue weighted by Gasteiger charge is -2.18. The fraction of sp³-hybridized carbons (Fsp3) is 0.150. The van der Waals surface area contributed by atoms with Gasteiger partial charge in [0.15, 0.2) is 0 Å². The van der Waals surface area contributed by atoms with Crippen LogP contribution in [0.25, 0.3) is 10.9 Å². The Bertz CT molecular complexity index is 1030. The van der Waals surface area contributed by atoms with Gasteiger partial charge in [0.05, 0.1) is 16.6 Å². The van der Waals surface area contributed by atoms with E-state index in [1.165, 1.54) is 24.4 Å². The second kappa shape index (κ2) is 7.67. The summed E-state index contributed by atoms with van der Waals surface area (Å²) in [5.74, 6) is -2.16. The Morgan fingerprint density at radius 2 is 1.75 bits per heavy atom. The molecule has 1 aromatic heterocycles. The first-order valence-electron chi connectivity index (χ1n) is 8.29. The SMILES string of the molecule is O=C(N[C@@H](Cc1ccccc1C(F)(F)F)C(=O)O)c1cnc2ccccc2c1. The number of carbonyl (C=O) groups excluding carboxylic acids is 1. The van der Waals surface area contributed by atoms with Gasteiger partial charge in [0.25, 0.3) is 5.91 Å². The minimum absolute atomic E-state index is 0.119. The van der Waals surface area contributed by atoms with Crippen LogP contribution in [-0.4, -0.2) is 28.0 Å². The third-order valence-electron chi connectivity index (χ3n) is 4.20. The summed E-state index contributed by atoms with van der Waals surface area (Å²) in [7, 11) is 0. The van der Waals surface area contributed by atoms with Gasteiger partial charge in [0.1, 0.15) is 6.04 Å². The van der Waals surface area contributed by atoms with Gasteiger partial charge >= 0.3 is 12.1 Å². The number of nitrogens with zero attached hydrogens (tertiary/aromatic N) is 1. The molecule has 5 nitrogen and oxygen atoms in total. The fourth-order valence-electron chi connectivity index (χ4n) is 2.83. The maximum Gasteiger partial charge on any atom is 0.416 e. The molecule has 144 valence electrons. The summed E-state index contributed by atoms with van der Waals surface area (Å²) in [5, 5.41) is 12.3. The Morgan fingerprint density at radius 1 is 1.07 bits per heavy atom. The number of amides is 1. The van der Waals surface area contributed by atoms with E-state index in [-0.39, 0.29) is 11.1 Å². The van der Waals surface area contributed by atoms with Gasteiger partial charge in [-0.25, -0.2) is 4.79 Å². The lowest BCUT2D eigenvalue weighted by atomic mass is 9.99. The highest BCUT2D eigenvalue weighted by molar-refractivity contribution is 5.99. The molecule has 0 radical (unpaired) electrons. The molecule has 28 heavy (non-hydrogen) atoms. The zero-order chi connectivity index (χ0) is 20.3. The molecule has 1 amide bonds. The molecule has 0 spiro atoms. The summed E-state index contributed by atoms with van der Waals surface area (Å²) in [6.07, 6.45) is -3.83. The van der Waals surface area contributed by atoms with E-state index in [4.69, 9.17) is 0 Å². The molecular formula is C20H15F3N2O3. The molecule has 8 heteroatoms. The minimum atomic E-state index is -4.62. The van der Waals surface area contributed by atoms with Gasteiger partial charge in [-0.05, 0) is 23.8 Å². The van der Waals surface area contributed by atoms with E-state index in [1.807, 2.05) is 0 Å². The number of hydrogen-bond acceptors (Lipinski definition) is 3. The molecule has 2 N–H and O–H groups in total. The highest BCUT2D eigenvalue weighted by atomic mass is 19.4. The normalized spacial score (nSPS) is 12.5. The maximum absolute atomic E-state index is 13.1. The van der Waals surface area contributed by atoms with Crippen molar-refractivity contribution in [2.24, 2.45) is 0 Å². The molecule has 0 aliphatic rings. The molecule has 1 heterocycles. The van der Waals surface area contributed by atoms with Gasteiger partial charge in [-0.1, -0.05) is 36.4 Å². The number of rotatable bonds is 5. The first-order chi connectivity index (χ1) is 13.3. The van der Waals surface area contributed by atoms with Gasteiger partial charge in [-0.3, -0.25) is 9.78 Å². The predicted octanol–water partition coefficient (Wildman–Crippen LogP) is 3.68. The van der Waals surface area contributed by atoms with Crippen molar-refractivity contribution >= 4 is 22.8 Å². The highest BCUT2D eigenvalue weighted by Gasteiger charge is 2.34. The van der Waals surface area contributed by atoms with Gasteiger partial charge in [-0.2, -0.15) is 13.2 Å². The maximum atomic E-state index is 13.1. The van der Waals surface area contributed by atoms with Crippen LogP contribution in [0.1, 0.15) is 21.5 Å². The zero-order valence-electron chi connectivity index (χ0n) is 14.4. The second-order valence-corrected chi connectivity index (χ2v) is 6.14. The molecule has 0 bridgehead atoms. The van der Waals surface area contributed by atoms with E-state index in [1.54, 1.807) is 30.3 Å². The number of benzene rings is 2. The van der Waals surface area contributed by atoms with E-state index < -0.39 is 36.1 Å². The van der Waals surface area contributed by atoms with Crippen molar-refractivity contribution in [3.8, 4) is 0 Å². The molecular weight excluding hydrogens is 373 g/mol. The van der Waals surface area contributed by atoms with E-state index in [9.17, 15) is 27.9 Å². The Hall–Kier alpha value is -3.42. The van der Waals surface area contributed by atoms with E-state index in [0.29, 0.717) is 10.9 Å². The summed E-state index contributed by atoms with van der Waals surface area (Å²) >= 11 is 0. The predicted molar refractivity (Wildman–Crippen MR) is 95.8 cm³/mol. The Morgan fingerprint density at radius 3 is 2.46 bits per heavy atom. The number of alkyl halides is 3. The number of carboxylic acids is 1. The number of aromatic nitrogens is 1. The number of halogens is 3. The monoisotopic (exact) mass is 388 g/mol. The highest BCUT2D eigenvalue weighted by Crippen LogP contribution is 2.32. The third kappa shape index (κ3) is 4.28. The van der Waals surface area contributed by atoms with Crippen LogP contribution in [0.5, 0.6) is 0 Å². The summed E-state index contributed by atoms with van der Waals surface area (Å²) in [6, 6.07) is 11.8. The van der Waals surface area contributed by atoms with Gasteiger partial charge in [-0.15, -0.1) is 0 Å². The van der Waals surface area contributed by atoms with Crippen LogP contribution >= 0.6 is 0 Å². The van der Waals surface area contributed by atoms with Crippen molar-refractivity contribution < 1.29 is 27.9 Å². The number of pyridine rings is 1. The molecule has 1 atom stereocenters. The third-order valence-corrected chi connectivity index (χ3v) is 4.20. The number of carboxylic acid groups (broad SMARTS) is 1. The Balaban J connectivity index is 1.83. The van der Waals surface area contributed by atoms with Crippen LogP contribution in [-0.2, 0) is 17.4 Å². The second-order valence-electron chi connectivity index (χ2n) is 6.14. The number of hydrogen-bond donors (Lipinski definition) is 2. The van der Waals surface area contributed by atoms with E-state index in [2.05, 4.69) is 10.3 Å². The molecule has 0 unspecified atom stereocenters. The standard InChI is InChI=1S/C20H15F3N2O3/c21-20(22,23)15-7-3-1-5-12(15)10-17(19(27)28)25-18(26)14-9-13-6-2-4-8-16(13)24-11-14/h1-9,11,17H,10H2,(H,25,26)(H,27,28)/t17-/m0/s1. The quantitative estimate of drug-likeness (QED) is 0.699. The first-order valence-corrected chi connectivity index (χ1v) is 8.29. The van der Waals surface area contributed by atoms with Crippen molar-refractivity contribution in [1.82, 2.24) is 10.3 Å². The van der Waals surface area contributed by atoms with Crippen molar-refractivity contribution in [1.29, 1.82) is 0 Å². The van der Waals surface area contributed by atoms with Crippen molar-refractivity contribution in [3.05, 3.63) is 77.5 Å². The van der Waals surface area contributed by atoms with Crippen LogP contribution in [0.4, 0.5) is 13.2 Å². The summed E-state index contributed by atoms with van der Waals surface area (Å²) in [5.41, 5.74) is -0.357. The number of nitrogens with one attached hydrogen (secondary N) is 1. The molecule has 0 saturated carbocycles. The molecule has 3 aromatic rings. The Kier molecular flexibility index (Phi) is 5.30. The molecule has 0 fully saturated rings. The van der Waals surface area contributed by atoms with Gasteiger partial charge < -0.3 is 10.4 Å². The summed E-state index contributed by atoms with van der Waals surface area (Å²) < 4.78 is 39.4. The zero-order valence-corrected chi connectivity index (χ0v) is 14.4. The number of carbonyl (C=O) groups is 2. The molecule has 0 aliphatic carbocycles. The van der Waals surface area contributed by atoms with Crippen LogP contribution in [0.3, 0.4) is 0 Å². The Labute approximate surface area is 157 Å². The smallest absolute Gasteiger partial charge is 0.416 e. The topological polar surface area (TPSA) is 79.3 Å². The van der Waals surface area contributed by atoms with Crippen LogP contribution in [0.2, 0.25) is 0 Å². The summed E-state index contributed by atoms with van der Waals surface area (Å²) in [6.45, 7) is 0. The lowest BCUT2D eigenvalue weighted by Crippen LogP contribution is -2.42. The van der Waals surface area contributed by atoms with Crippen LogP contribution < -0.4 is 5.32 Å². The summed E-state index contributed by atoms with van der Waals surface area (Å²) in [4.78, 5) is 28.1. The average molecular weight is 388 g/mol. The van der Waals surface area contributed by atoms with Crippen LogP contribution in [0, 0.1) is 0 Å². The van der Waals surface area contributed by atoms with Crippen molar-refractivity contribution in [3.63, 3.8) is 0 Å². The minimum Gasteiger partial charge on any atom is -0.480 e. The molecule has 3 rings (SSSR count). The van der Waals surface area contributed by atoms with Crippen molar-refractivity contribution in [2.75, 3.05) is 0 Å². The molecule has 2 aromatic carbocycles. The van der Waals surface area contributed by atoms with Gasteiger partial charge in [0.2, 0.25) is 0 Å². The lowest BCUT2D eigenvalue weighted by molar-refractivity contribution is -0.141. The number of fused-ring (bicyclic) bond motifs is 1. The fourth-order valence-corrected chi connectivity index (χ4v) is 2.83. The van der Waals surface area contributed by atoms with Gasteiger partial charge in [0, 0.05) is 18.0 Å². The number of aliphatic carboxylic acids is 1.